The van der Waals surface area contributed by atoms with Crippen LogP contribution in [0.2, 0.25) is 0 Å². The fourth-order valence-electron chi connectivity index (χ4n) is 2.09. The summed E-state index contributed by atoms with van der Waals surface area (Å²) in [7, 11) is 4.03. The van der Waals surface area contributed by atoms with Crippen molar-refractivity contribution in [3.05, 3.63) is 29.8 Å². The number of carbonyl (C=O) groups excluding carboxylic acids is 1. The molecule has 3 nitrogen and oxygen atoms in total. The molecule has 1 fully saturated rings. The van der Waals surface area contributed by atoms with Crippen LogP contribution in [0.5, 0.6) is 0 Å². The van der Waals surface area contributed by atoms with Gasteiger partial charge >= 0.3 is 0 Å². The van der Waals surface area contributed by atoms with Gasteiger partial charge in [0.2, 0.25) is 5.91 Å². The molecule has 1 atom stereocenters. The fraction of sp³-hybridized carbons (Fsp3) is 0.462. The lowest BCUT2D eigenvalue weighted by Crippen LogP contribution is -2.35. The van der Waals surface area contributed by atoms with E-state index in [0.717, 1.165) is 24.9 Å². The van der Waals surface area contributed by atoms with E-state index in [1.807, 2.05) is 14.1 Å². The molecule has 0 aromatic heterocycles. The van der Waals surface area contributed by atoms with E-state index in [1.165, 1.54) is 5.69 Å². The molecular weight excluding hydrogens is 200 g/mol. The monoisotopic (exact) mass is 218 g/mol. The minimum absolute atomic E-state index is 0.0463. The summed E-state index contributed by atoms with van der Waals surface area (Å²) >= 11 is 0. The van der Waals surface area contributed by atoms with Crippen LogP contribution in [0.1, 0.15) is 24.3 Å². The molecule has 0 aliphatic carbocycles. The number of carbonyl (C=O) groups is 1. The van der Waals surface area contributed by atoms with E-state index in [-0.39, 0.29) is 11.8 Å². The van der Waals surface area contributed by atoms with E-state index in [9.17, 15) is 4.79 Å². The summed E-state index contributed by atoms with van der Waals surface area (Å²) in [6, 6.07) is 8.25. The van der Waals surface area contributed by atoms with Gasteiger partial charge in [0.25, 0.3) is 0 Å². The molecule has 1 unspecified atom stereocenters. The van der Waals surface area contributed by atoms with Crippen LogP contribution in [0.15, 0.2) is 24.3 Å². The number of piperidine rings is 1. The van der Waals surface area contributed by atoms with Gasteiger partial charge < -0.3 is 10.2 Å². The van der Waals surface area contributed by atoms with E-state index < -0.39 is 0 Å². The zero-order valence-electron chi connectivity index (χ0n) is 9.86. The van der Waals surface area contributed by atoms with Crippen LogP contribution in [0.25, 0.3) is 0 Å². The number of benzene rings is 1. The third kappa shape index (κ3) is 2.18. The molecule has 1 N–H and O–H groups in total. The molecule has 0 bridgehead atoms. The Bertz CT molecular complexity index is 370. The van der Waals surface area contributed by atoms with Gasteiger partial charge in [-0.3, -0.25) is 4.79 Å². The predicted octanol–water partition coefficient (Wildman–Crippen LogP) is 1.75. The highest BCUT2D eigenvalue weighted by atomic mass is 16.1. The first-order valence-corrected chi connectivity index (χ1v) is 5.73. The third-order valence-electron chi connectivity index (χ3n) is 3.10. The van der Waals surface area contributed by atoms with Gasteiger partial charge in [-0.1, -0.05) is 12.1 Å². The predicted molar refractivity (Wildman–Crippen MR) is 65.8 cm³/mol. The molecule has 1 saturated heterocycles. The number of rotatable bonds is 2. The molecule has 1 aromatic carbocycles. The van der Waals surface area contributed by atoms with Crippen molar-refractivity contribution in [2.45, 2.75) is 18.8 Å². The van der Waals surface area contributed by atoms with Gasteiger partial charge in [-0.2, -0.15) is 0 Å². The van der Waals surface area contributed by atoms with E-state index in [1.54, 1.807) is 0 Å². The molecule has 0 spiro atoms. The largest absolute Gasteiger partial charge is 0.378 e. The molecule has 1 aromatic rings. The zero-order chi connectivity index (χ0) is 11.5. The minimum Gasteiger partial charge on any atom is -0.378 e. The summed E-state index contributed by atoms with van der Waals surface area (Å²) in [4.78, 5) is 13.8. The van der Waals surface area contributed by atoms with E-state index >= 15 is 0 Å². The van der Waals surface area contributed by atoms with Gasteiger partial charge in [0.15, 0.2) is 0 Å². The van der Waals surface area contributed by atoms with Crippen molar-refractivity contribution < 1.29 is 4.79 Å². The Kier molecular flexibility index (Phi) is 3.13. The van der Waals surface area contributed by atoms with Crippen molar-refractivity contribution in [3.63, 3.8) is 0 Å². The van der Waals surface area contributed by atoms with E-state index in [4.69, 9.17) is 0 Å². The lowest BCUT2D eigenvalue weighted by Gasteiger charge is -2.22. The molecule has 2 rings (SSSR count). The lowest BCUT2D eigenvalue weighted by atomic mass is 9.91. The number of anilines is 1. The fourth-order valence-corrected chi connectivity index (χ4v) is 2.09. The normalized spacial score (nSPS) is 20.4. The van der Waals surface area contributed by atoms with Gasteiger partial charge in [-0.15, -0.1) is 0 Å². The topological polar surface area (TPSA) is 32.3 Å². The summed E-state index contributed by atoms with van der Waals surface area (Å²) in [5.41, 5.74) is 2.29. The Morgan fingerprint density at radius 3 is 2.50 bits per heavy atom. The second-order valence-corrected chi connectivity index (χ2v) is 4.47. The lowest BCUT2D eigenvalue weighted by molar-refractivity contribution is -0.123. The first kappa shape index (κ1) is 11.0. The van der Waals surface area contributed by atoms with Gasteiger partial charge in [0.05, 0.1) is 5.92 Å². The molecule has 0 radical (unpaired) electrons. The van der Waals surface area contributed by atoms with Crippen LogP contribution in [-0.4, -0.2) is 26.5 Å². The molecule has 1 aliphatic heterocycles. The first-order valence-electron chi connectivity index (χ1n) is 5.73. The standard InChI is InChI=1S/C13H18N2O/c1-15(2)11-7-5-10(6-8-11)12-4-3-9-14-13(12)16/h5-8,12H,3-4,9H2,1-2H3,(H,14,16). The summed E-state index contributed by atoms with van der Waals surface area (Å²) in [6.07, 6.45) is 2.04. The van der Waals surface area contributed by atoms with Crippen LogP contribution in [0, 0.1) is 0 Å². The number of nitrogens with one attached hydrogen (secondary N) is 1. The highest BCUT2D eigenvalue weighted by Crippen LogP contribution is 2.25. The molecular formula is C13H18N2O. The summed E-state index contributed by atoms with van der Waals surface area (Å²) in [5, 5.41) is 2.92. The average Bonchev–Trinajstić information content (AvgIpc) is 2.30. The van der Waals surface area contributed by atoms with Crippen molar-refractivity contribution in [3.8, 4) is 0 Å². The highest BCUT2D eigenvalue weighted by molar-refractivity contribution is 5.84. The van der Waals surface area contributed by atoms with Crippen molar-refractivity contribution in [1.82, 2.24) is 5.32 Å². The molecule has 86 valence electrons. The van der Waals surface area contributed by atoms with Crippen molar-refractivity contribution in [2.75, 3.05) is 25.5 Å². The van der Waals surface area contributed by atoms with Gasteiger partial charge in [-0.25, -0.2) is 0 Å². The maximum atomic E-state index is 11.7. The van der Waals surface area contributed by atoms with Crippen molar-refractivity contribution in [1.29, 1.82) is 0 Å². The summed E-state index contributed by atoms with van der Waals surface area (Å²) in [6.45, 7) is 0.825. The Hall–Kier alpha value is -1.51. The number of amides is 1. The Morgan fingerprint density at radius 2 is 1.94 bits per heavy atom. The maximum absolute atomic E-state index is 11.7. The molecule has 16 heavy (non-hydrogen) atoms. The quantitative estimate of drug-likeness (QED) is 0.820. The minimum atomic E-state index is 0.0463. The molecule has 1 aliphatic rings. The maximum Gasteiger partial charge on any atom is 0.227 e. The van der Waals surface area contributed by atoms with Gasteiger partial charge in [0, 0.05) is 26.3 Å². The number of hydrogen-bond donors (Lipinski definition) is 1. The van der Waals surface area contributed by atoms with Gasteiger partial charge in [0.1, 0.15) is 0 Å². The Balaban J connectivity index is 2.17. The SMILES string of the molecule is CN(C)c1ccc(C2CCCNC2=O)cc1. The Morgan fingerprint density at radius 1 is 1.25 bits per heavy atom. The number of nitrogens with zero attached hydrogens (tertiary/aromatic N) is 1. The molecule has 3 heteroatoms. The smallest absolute Gasteiger partial charge is 0.227 e. The van der Waals surface area contributed by atoms with Crippen LogP contribution >= 0.6 is 0 Å². The second-order valence-electron chi connectivity index (χ2n) is 4.47. The highest BCUT2D eigenvalue weighted by Gasteiger charge is 2.23. The van der Waals surface area contributed by atoms with E-state index in [0.29, 0.717) is 0 Å². The number of hydrogen-bond acceptors (Lipinski definition) is 2. The summed E-state index contributed by atoms with van der Waals surface area (Å²) in [5.74, 6) is 0.216. The molecule has 1 heterocycles. The Labute approximate surface area is 96.5 Å². The van der Waals surface area contributed by atoms with Crippen LogP contribution in [-0.2, 0) is 4.79 Å². The third-order valence-corrected chi connectivity index (χ3v) is 3.10. The molecule has 1 amide bonds. The summed E-state index contributed by atoms with van der Waals surface area (Å²) < 4.78 is 0. The van der Waals surface area contributed by atoms with Crippen LogP contribution < -0.4 is 10.2 Å². The second kappa shape index (κ2) is 4.56. The zero-order valence-corrected chi connectivity index (χ0v) is 9.86. The average molecular weight is 218 g/mol. The van der Waals surface area contributed by atoms with Gasteiger partial charge in [-0.05, 0) is 30.5 Å². The van der Waals surface area contributed by atoms with Crippen molar-refractivity contribution in [2.24, 2.45) is 0 Å². The van der Waals surface area contributed by atoms with Crippen LogP contribution in [0.4, 0.5) is 5.69 Å². The van der Waals surface area contributed by atoms with Crippen LogP contribution in [0.3, 0.4) is 0 Å². The first-order chi connectivity index (χ1) is 7.68. The molecule has 0 saturated carbocycles. The van der Waals surface area contributed by atoms with E-state index in [2.05, 4.69) is 34.5 Å². The van der Waals surface area contributed by atoms with Crippen molar-refractivity contribution >= 4 is 11.6 Å².